The molecule has 3 N–H and O–H groups in total. The molecule has 3 amide bonds. The molecule has 9 rings (SSSR count). The molecule has 1 spiro atoms. The molecule has 19 heteroatoms. The number of anilines is 5. The van der Waals surface area contributed by atoms with Gasteiger partial charge in [0.1, 0.15) is 42.6 Å². The van der Waals surface area contributed by atoms with Gasteiger partial charge in [-0.15, -0.1) is 0 Å². The van der Waals surface area contributed by atoms with E-state index in [1.807, 2.05) is 18.2 Å². The Labute approximate surface area is 403 Å². The number of rotatable bonds is 13. The van der Waals surface area contributed by atoms with E-state index in [1.165, 1.54) is 4.90 Å². The van der Waals surface area contributed by atoms with Gasteiger partial charge < -0.3 is 44.1 Å². The largest absolute Gasteiger partial charge is 0.495 e. The van der Waals surface area contributed by atoms with E-state index in [1.54, 1.807) is 58.3 Å². The monoisotopic (exact) mass is 1000 g/mol. The summed E-state index contributed by atoms with van der Waals surface area (Å²) in [4.78, 5) is 62.2. The second kappa shape index (κ2) is 19.8. The second-order valence-corrected chi connectivity index (χ2v) is 22.0. The standard InChI is InChI=1S/C49H54BrN10O7P/c1-65-40-13-8-33-34(30-60(47(33)63)39-12-14-42(61)56-46(39)62)32(40)6-5-26-67-27-25-58-21-15-49(16-22-58)17-23-59(24-18-49)31-7-9-36(41(28-31)66-2)55-48-53-29-35(50)45(57-48)54-38-11-10-37-43(52-20-19-51-37)44(38)68(3,4)64/h7-11,13,19-20,28-29,39H,12,14-18,21-27,30H2,1-4H3,(H,56,61,62)(H2,53,54,55,57). The molecule has 0 radical (unpaired) electrons. The van der Waals surface area contributed by atoms with Crippen molar-refractivity contribution in [2.24, 2.45) is 5.41 Å². The number of nitrogens with zero attached hydrogens (tertiary/aromatic N) is 7. The quantitative estimate of drug-likeness (QED) is 0.0504. The number of aromatic nitrogens is 4. The first kappa shape index (κ1) is 47.0. The summed E-state index contributed by atoms with van der Waals surface area (Å²) in [6, 6.07) is 12.6. The Morgan fingerprint density at radius 2 is 1.66 bits per heavy atom. The lowest BCUT2D eigenvalue weighted by Gasteiger charge is -2.47. The number of hydrogen-bond acceptors (Lipinski definition) is 15. The topological polar surface area (TPSA) is 193 Å². The zero-order chi connectivity index (χ0) is 47.6. The zero-order valence-corrected chi connectivity index (χ0v) is 41.0. The molecule has 4 aliphatic rings. The number of nitrogens with one attached hydrogen (secondary N) is 3. The van der Waals surface area contributed by atoms with Crippen molar-refractivity contribution in [2.45, 2.75) is 51.1 Å². The van der Waals surface area contributed by atoms with Crippen LogP contribution >= 0.6 is 23.1 Å². The van der Waals surface area contributed by atoms with Gasteiger partial charge in [-0.3, -0.25) is 29.7 Å². The summed E-state index contributed by atoms with van der Waals surface area (Å²) in [5, 5.41) is 9.65. The van der Waals surface area contributed by atoms with Crippen LogP contribution in [-0.2, 0) is 25.4 Å². The molecule has 2 aromatic heterocycles. The van der Waals surface area contributed by atoms with Crippen molar-refractivity contribution in [3.05, 3.63) is 82.2 Å². The Morgan fingerprint density at radius 3 is 2.41 bits per heavy atom. The summed E-state index contributed by atoms with van der Waals surface area (Å²) in [6.07, 6.45) is 9.93. The minimum Gasteiger partial charge on any atom is -0.495 e. The maximum absolute atomic E-state index is 13.5. The Balaban J connectivity index is 0.748. The van der Waals surface area contributed by atoms with Crippen LogP contribution in [0.25, 0.3) is 11.0 Å². The first-order valence-electron chi connectivity index (χ1n) is 22.8. The molecule has 0 bridgehead atoms. The highest BCUT2D eigenvalue weighted by molar-refractivity contribution is 9.10. The normalized spacial score (nSPS) is 18.2. The highest BCUT2D eigenvalue weighted by Gasteiger charge is 2.41. The number of hydrogen-bond donors (Lipinski definition) is 3. The van der Waals surface area contributed by atoms with Crippen LogP contribution in [0.1, 0.15) is 60.0 Å². The Morgan fingerprint density at radius 1 is 0.912 bits per heavy atom. The number of carbonyl (C=O) groups excluding carboxylic acids is 3. The first-order valence-corrected chi connectivity index (χ1v) is 26.1. The van der Waals surface area contributed by atoms with E-state index in [0.29, 0.717) is 79.3 Å². The molecule has 68 heavy (non-hydrogen) atoms. The van der Waals surface area contributed by atoms with Crippen molar-refractivity contribution in [3.63, 3.8) is 0 Å². The number of piperidine rings is 3. The van der Waals surface area contributed by atoms with E-state index < -0.39 is 19.1 Å². The lowest BCUT2D eigenvalue weighted by molar-refractivity contribution is -0.136. The fourth-order valence-corrected chi connectivity index (χ4v) is 11.5. The third-order valence-corrected chi connectivity index (χ3v) is 15.6. The van der Waals surface area contributed by atoms with Crippen LogP contribution in [0.2, 0.25) is 0 Å². The van der Waals surface area contributed by atoms with Gasteiger partial charge in [-0.1, -0.05) is 11.8 Å². The van der Waals surface area contributed by atoms with Crippen molar-refractivity contribution in [3.8, 4) is 23.3 Å². The summed E-state index contributed by atoms with van der Waals surface area (Å²) in [5.41, 5.74) is 5.89. The summed E-state index contributed by atoms with van der Waals surface area (Å²) in [6.45, 7) is 9.27. The molecule has 3 aromatic carbocycles. The number of likely N-dealkylation sites (tertiary alicyclic amines) is 1. The molecule has 3 fully saturated rings. The van der Waals surface area contributed by atoms with Gasteiger partial charge in [0, 0.05) is 74.1 Å². The van der Waals surface area contributed by atoms with Crippen LogP contribution in [0.15, 0.2) is 65.5 Å². The van der Waals surface area contributed by atoms with Crippen LogP contribution in [0, 0.1) is 17.3 Å². The molecule has 354 valence electrons. The smallest absolute Gasteiger partial charge is 0.255 e. The molecule has 0 saturated carbocycles. The molecule has 1 unspecified atom stereocenters. The van der Waals surface area contributed by atoms with Crippen LogP contribution in [0.4, 0.5) is 28.8 Å². The Bertz CT molecular complexity index is 2880. The summed E-state index contributed by atoms with van der Waals surface area (Å²) >= 11 is 3.58. The average Bonchev–Trinajstić information content (AvgIpc) is 3.67. The Hall–Kier alpha value is -6.12. The molecular weight excluding hydrogens is 951 g/mol. The predicted molar refractivity (Wildman–Crippen MR) is 264 cm³/mol. The van der Waals surface area contributed by atoms with E-state index in [2.05, 4.69) is 80.6 Å². The van der Waals surface area contributed by atoms with Crippen molar-refractivity contribution >= 4 is 86.0 Å². The molecule has 3 saturated heterocycles. The second-order valence-electron chi connectivity index (χ2n) is 18.0. The van der Waals surface area contributed by atoms with Crippen LogP contribution in [0.5, 0.6) is 11.5 Å². The number of ether oxygens (including phenoxy) is 3. The molecule has 1 atom stereocenters. The molecule has 17 nitrogen and oxygen atoms in total. The number of imide groups is 1. The minimum absolute atomic E-state index is 0.195. The molecule has 4 aliphatic heterocycles. The van der Waals surface area contributed by atoms with Crippen molar-refractivity contribution < 1.29 is 33.2 Å². The number of halogens is 1. The molecule has 0 aliphatic carbocycles. The SMILES string of the molecule is COc1cc(N2CCC3(CCN(CCOCC#Cc4c(OC)ccc5c4CN(C4CCC(=O)NC4=O)C5=O)CC3)CC2)ccc1Nc1ncc(Br)c(Nc2ccc3nccnc3c2P(C)(C)=O)n1. The number of fused-ring (bicyclic) bond motifs is 2. The van der Waals surface area contributed by atoms with Gasteiger partial charge in [0.05, 0.1) is 53.1 Å². The number of methoxy groups -OCH3 is 2. The summed E-state index contributed by atoms with van der Waals surface area (Å²) in [5.74, 6) is 7.37. The van der Waals surface area contributed by atoms with E-state index in [9.17, 15) is 18.9 Å². The highest BCUT2D eigenvalue weighted by atomic mass is 79.9. The van der Waals surface area contributed by atoms with Gasteiger partial charge in [0.2, 0.25) is 17.8 Å². The summed E-state index contributed by atoms with van der Waals surface area (Å²) in [7, 11) is 0.452. The molecule has 5 aromatic rings. The lowest BCUT2D eigenvalue weighted by atomic mass is 9.71. The van der Waals surface area contributed by atoms with Crippen LogP contribution in [-0.4, -0.2) is 127 Å². The third-order valence-electron chi connectivity index (χ3n) is 13.5. The zero-order valence-electron chi connectivity index (χ0n) is 38.6. The van der Waals surface area contributed by atoms with Crippen LogP contribution in [0.3, 0.4) is 0 Å². The summed E-state index contributed by atoms with van der Waals surface area (Å²) < 4.78 is 31.6. The average molecular weight is 1010 g/mol. The van der Waals surface area contributed by atoms with Gasteiger partial charge in [0.15, 0.2) is 0 Å². The first-order chi connectivity index (χ1) is 32.8. The molecule has 6 heterocycles. The molecular formula is C49H54BrN10O7P. The van der Waals surface area contributed by atoms with Gasteiger partial charge in [-0.2, -0.15) is 4.98 Å². The van der Waals surface area contributed by atoms with E-state index in [4.69, 9.17) is 19.2 Å². The van der Waals surface area contributed by atoms with Gasteiger partial charge in [-0.05, 0) is 116 Å². The van der Waals surface area contributed by atoms with Crippen molar-refractivity contribution in [1.82, 2.24) is 35.1 Å². The van der Waals surface area contributed by atoms with Crippen molar-refractivity contribution in [1.29, 1.82) is 0 Å². The van der Waals surface area contributed by atoms with Crippen molar-refractivity contribution in [2.75, 3.05) is 89.0 Å². The predicted octanol–water partition coefficient (Wildman–Crippen LogP) is 6.45. The number of benzene rings is 3. The number of carbonyl (C=O) groups is 3. The van der Waals surface area contributed by atoms with E-state index >= 15 is 0 Å². The maximum Gasteiger partial charge on any atom is 0.255 e. The lowest BCUT2D eigenvalue weighted by Crippen LogP contribution is -2.52. The van der Waals surface area contributed by atoms with Gasteiger partial charge in [0.25, 0.3) is 5.91 Å². The van der Waals surface area contributed by atoms with Crippen LogP contribution < -0.4 is 35.6 Å². The minimum atomic E-state index is -2.77. The fraction of sp³-hybridized carbons (Fsp3) is 0.408. The maximum atomic E-state index is 13.5. The Kier molecular flexibility index (Phi) is 13.7. The third kappa shape index (κ3) is 9.89. The van der Waals surface area contributed by atoms with E-state index in [0.717, 1.165) is 75.3 Å². The fourth-order valence-electron chi connectivity index (χ4n) is 9.77. The van der Waals surface area contributed by atoms with Gasteiger partial charge in [-0.25, -0.2) is 4.98 Å². The number of amides is 3. The highest BCUT2D eigenvalue weighted by Crippen LogP contribution is 2.44. The van der Waals surface area contributed by atoms with Gasteiger partial charge >= 0.3 is 0 Å². The van der Waals surface area contributed by atoms with E-state index in [-0.39, 0.29) is 31.4 Å².